The van der Waals surface area contributed by atoms with Gasteiger partial charge in [-0.25, -0.2) is 0 Å². The van der Waals surface area contributed by atoms with Crippen LogP contribution in [0.3, 0.4) is 0 Å². The van der Waals surface area contributed by atoms with E-state index in [0.29, 0.717) is 12.5 Å². The summed E-state index contributed by atoms with van der Waals surface area (Å²) in [6.07, 6.45) is 1.43. The minimum Gasteiger partial charge on any atom is -0.390 e. The highest BCUT2D eigenvalue weighted by Crippen LogP contribution is 2.79. The lowest BCUT2D eigenvalue weighted by Crippen LogP contribution is -2.70. The summed E-state index contributed by atoms with van der Waals surface area (Å²) in [7, 11) is 0. The highest BCUT2D eigenvalue weighted by molar-refractivity contribution is 6.01. The van der Waals surface area contributed by atoms with E-state index in [1.807, 2.05) is 0 Å². The van der Waals surface area contributed by atoms with Gasteiger partial charge in [-0.2, -0.15) is 0 Å². The minimum absolute atomic E-state index is 0.148. The molecule has 8 nitrogen and oxygen atoms in total. The van der Waals surface area contributed by atoms with Crippen molar-refractivity contribution in [3.63, 3.8) is 0 Å². The molecule has 0 bridgehead atoms. The second-order valence-electron chi connectivity index (χ2n) is 13.2. The number of rotatable bonds is 4. The summed E-state index contributed by atoms with van der Waals surface area (Å²) >= 11 is 0. The third kappa shape index (κ3) is 2.55. The number of hydrogen-bond donors (Lipinski definition) is 3. The van der Waals surface area contributed by atoms with Gasteiger partial charge in [-0.05, 0) is 25.8 Å². The highest BCUT2D eigenvalue weighted by Gasteiger charge is 2.92. The number of epoxide rings is 1. The first-order chi connectivity index (χ1) is 16.2. The number of hydrogen-bond acceptors (Lipinski definition) is 8. The molecule has 6 aliphatic rings. The second kappa shape index (κ2) is 6.76. The molecule has 3 N–H and O–H groups in total. The molecule has 8 heteroatoms. The van der Waals surface area contributed by atoms with Crippen LogP contribution in [0.2, 0.25) is 0 Å². The van der Waals surface area contributed by atoms with Crippen molar-refractivity contribution in [3.05, 3.63) is 12.2 Å². The molecule has 5 fully saturated rings. The fourth-order valence-corrected chi connectivity index (χ4v) is 8.50. The number of fused-ring (bicyclic) bond motifs is 7. The van der Waals surface area contributed by atoms with E-state index in [1.54, 1.807) is 26.8 Å². The smallest absolute Gasteiger partial charge is 0.190 e. The minimum atomic E-state index is -2.02. The Morgan fingerprint density at radius 3 is 2.54 bits per heavy atom. The van der Waals surface area contributed by atoms with Crippen molar-refractivity contribution in [2.75, 3.05) is 13.2 Å². The van der Waals surface area contributed by atoms with Crippen LogP contribution in [0, 0.1) is 35.0 Å². The number of ether oxygens (including phenoxy) is 4. The Morgan fingerprint density at radius 2 is 1.89 bits per heavy atom. The first-order valence-electron chi connectivity index (χ1n) is 13.1. The number of carbonyl (C=O) groups is 1. The van der Waals surface area contributed by atoms with Crippen molar-refractivity contribution in [2.24, 2.45) is 35.0 Å². The number of aliphatic hydroxyl groups is 3. The van der Waals surface area contributed by atoms with Crippen LogP contribution in [0.25, 0.3) is 0 Å². The number of aliphatic hydroxyl groups excluding tert-OH is 1. The lowest BCUT2D eigenvalue weighted by molar-refractivity contribution is -0.329. The molecule has 1 spiro atoms. The Balaban J connectivity index is 1.51. The maximum absolute atomic E-state index is 13.3. The molecule has 12 atom stereocenters. The van der Waals surface area contributed by atoms with Gasteiger partial charge >= 0.3 is 0 Å². The number of ketones is 1. The van der Waals surface area contributed by atoms with Gasteiger partial charge in [0.25, 0.3) is 0 Å². The summed E-state index contributed by atoms with van der Waals surface area (Å²) in [4.78, 5) is 13.3. The van der Waals surface area contributed by atoms with Crippen LogP contribution < -0.4 is 0 Å². The van der Waals surface area contributed by atoms with Crippen molar-refractivity contribution < 1.29 is 39.1 Å². The van der Waals surface area contributed by atoms with Crippen LogP contribution >= 0.6 is 0 Å². The van der Waals surface area contributed by atoms with Crippen LogP contribution in [0.5, 0.6) is 0 Å². The average molecular weight is 493 g/mol. The molecule has 2 aliphatic heterocycles. The monoisotopic (exact) mass is 492 g/mol. The fraction of sp³-hybridized carbons (Fsp3) is 0.889. The Hall–Kier alpha value is -0.870. The van der Waals surface area contributed by atoms with E-state index in [-0.39, 0.29) is 12.5 Å². The summed E-state index contributed by atoms with van der Waals surface area (Å²) in [5, 5.41) is 36.6. The van der Waals surface area contributed by atoms with Crippen molar-refractivity contribution in [3.8, 4) is 0 Å². The zero-order valence-corrected chi connectivity index (χ0v) is 21.8. The molecule has 1 unspecified atom stereocenters. The van der Waals surface area contributed by atoms with E-state index >= 15 is 0 Å². The zero-order valence-electron chi connectivity index (χ0n) is 21.8. The van der Waals surface area contributed by atoms with E-state index in [1.165, 1.54) is 6.08 Å². The summed E-state index contributed by atoms with van der Waals surface area (Å²) < 4.78 is 25.2. The van der Waals surface area contributed by atoms with Gasteiger partial charge in [0.05, 0.1) is 31.0 Å². The predicted molar refractivity (Wildman–Crippen MR) is 124 cm³/mol. The molecule has 6 rings (SSSR count). The average Bonchev–Trinajstić information content (AvgIpc) is 3.58. The lowest BCUT2D eigenvalue weighted by Gasteiger charge is -2.54. The van der Waals surface area contributed by atoms with Gasteiger partial charge in [-0.15, -0.1) is 0 Å². The van der Waals surface area contributed by atoms with Crippen LogP contribution in [0.15, 0.2) is 12.2 Å². The largest absolute Gasteiger partial charge is 0.390 e. The van der Waals surface area contributed by atoms with E-state index in [4.69, 9.17) is 18.9 Å². The molecule has 3 saturated carbocycles. The van der Waals surface area contributed by atoms with Gasteiger partial charge in [0, 0.05) is 29.1 Å². The molecule has 0 radical (unpaired) electrons. The third-order valence-corrected chi connectivity index (χ3v) is 10.8. The Bertz CT molecular complexity index is 992. The lowest BCUT2D eigenvalue weighted by atomic mass is 9.58. The summed E-state index contributed by atoms with van der Waals surface area (Å²) in [6, 6.07) is 0. The van der Waals surface area contributed by atoms with Gasteiger partial charge in [-0.3, -0.25) is 4.79 Å². The van der Waals surface area contributed by atoms with Crippen molar-refractivity contribution in [1.82, 2.24) is 0 Å². The topological polar surface area (TPSA) is 118 Å². The van der Waals surface area contributed by atoms with Gasteiger partial charge < -0.3 is 34.3 Å². The Labute approximate surface area is 207 Å². The molecule has 0 amide bonds. The molecule has 0 aromatic rings. The normalized spacial score (nSPS) is 57.2. The second-order valence-corrected chi connectivity index (χ2v) is 13.2. The Morgan fingerprint density at radius 1 is 1.20 bits per heavy atom. The molecule has 2 saturated heterocycles. The molecule has 2 heterocycles. The summed E-state index contributed by atoms with van der Waals surface area (Å²) in [6.45, 7) is 14.3. The van der Waals surface area contributed by atoms with Crippen molar-refractivity contribution >= 4 is 5.78 Å². The first kappa shape index (κ1) is 24.5. The van der Waals surface area contributed by atoms with Gasteiger partial charge in [0.15, 0.2) is 17.2 Å². The van der Waals surface area contributed by atoms with Gasteiger partial charge in [0.2, 0.25) is 0 Å². The number of carbonyl (C=O) groups excluding carboxylic acids is 1. The first-order valence-corrected chi connectivity index (χ1v) is 13.1. The highest BCUT2D eigenvalue weighted by atomic mass is 16.8. The zero-order chi connectivity index (χ0) is 25.6. The molecular formula is C27H40O8. The van der Waals surface area contributed by atoms with Crippen LogP contribution in [-0.2, 0) is 23.7 Å². The molecule has 0 aromatic carbocycles. The summed E-state index contributed by atoms with van der Waals surface area (Å²) in [5.74, 6) is -3.57. The van der Waals surface area contributed by atoms with E-state index in [9.17, 15) is 20.1 Å². The van der Waals surface area contributed by atoms with E-state index in [0.717, 1.165) is 6.42 Å². The predicted octanol–water partition coefficient (Wildman–Crippen LogP) is 1.59. The molecule has 35 heavy (non-hydrogen) atoms. The molecular weight excluding hydrogens is 452 g/mol. The van der Waals surface area contributed by atoms with Crippen LogP contribution in [0.4, 0.5) is 0 Å². The van der Waals surface area contributed by atoms with E-state index < -0.39 is 75.5 Å². The van der Waals surface area contributed by atoms with Gasteiger partial charge in [0.1, 0.15) is 17.3 Å². The summed E-state index contributed by atoms with van der Waals surface area (Å²) in [5.41, 5.74) is -5.99. The molecule has 4 aliphatic carbocycles. The standard InChI is InChI=1S/C27H40O8/c1-8-13(2)11-32-27-18(22(27,4)5)17-20-24(34-20)12-33-23(6,7)35-21(24)26(31)15(9-10-16(26)28)25(17,30)14(3)19(27)29/h9-10,13-15,17-21,29-31H,8,11-12H2,1-7H3/t13-,14+,15-,17+,18+,19+,20-,21?,24-,25-,26+,27+/m0/s1. The maximum Gasteiger partial charge on any atom is 0.190 e. The SMILES string of the molecule is CC[C@H](C)CO[C@@]12[C@H](O)[C@@H](C)[C@@]3(O)[C@H]([C@@H]1C2(C)C)[C@@H]1O[C@@]12COC(C)(C)OC2[C@]1(O)C(=O)C=C[C@@H]31. The van der Waals surface area contributed by atoms with Crippen molar-refractivity contribution in [2.45, 2.75) is 101 Å². The quantitative estimate of drug-likeness (QED) is 0.507. The third-order valence-electron chi connectivity index (χ3n) is 10.8. The van der Waals surface area contributed by atoms with E-state index in [2.05, 4.69) is 27.7 Å². The Kier molecular flexibility index (Phi) is 4.73. The molecule has 196 valence electrons. The van der Waals surface area contributed by atoms with Crippen LogP contribution in [0.1, 0.15) is 54.9 Å². The maximum atomic E-state index is 13.3. The van der Waals surface area contributed by atoms with Crippen LogP contribution in [-0.4, -0.2) is 80.8 Å². The fourth-order valence-electron chi connectivity index (χ4n) is 8.50. The van der Waals surface area contributed by atoms with Crippen molar-refractivity contribution in [1.29, 1.82) is 0 Å². The molecule has 0 aromatic heterocycles. The van der Waals surface area contributed by atoms with Gasteiger partial charge in [-0.1, -0.05) is 47.1 Å².